The van der Waals surface area contributed by atoms with Gasteiger partial charge in [0, 0.05) is 29.3 Å². The standard InChI is InChI=1S/C19H19F3N2O2S/c20-19(21,22)13-3-10-18(23-12-13)26-15-6-4-14(5-7-15)24-17(25)9-8-16-2-1-11-27-16/h1-3,8-12,14-15H,4-7H2,(H,24,25)/b9-8+. The summed E-state index contributed by atoms with van der Waals surface area (Å²) in [6.45, 7) is 0. The Morgan fingerprint density at radius 1 is 1.22 bits per heavy atom. The number of pyridine rings is 1. The smallest absolute Gasteiger partial charge is 0.417 e. The molecule has 4 nitrogen and oxygen atoms in total. The average Bonchev–Trinajstić information content (AvgIpc) is 3.15. The molecule has 0 atom stereocenters. The Labute approximate surface area is 159 Å². The fourth-order valence-electron chi connectivity index (χ4n) is 2.91. The SMILES string of the molecule is O=C(/C=C/c1cccs1)NC1CCC(Oc2ccc(C(F)(F)F)cn2)CC1. The van der Waals surface area contributed by atoms with Crippen LogP contribution in [0, 0.1) is 0 Å². The highest BCUT2D eigenvalue weighted by Crippen LogP contribution is 2.30. The summed E-state index contributed by atoms with van der Waals surface area (Å²) in [5.41, 5.74) is -0.795. The summed E-state index contributed by atoms with van der Waals surface area (Å²) in [6.07, 6.45) is 2.51. The molecule has 144 valence electrons. The van der Waals surface area contributed by atoms with Crippen molar-refractivity contribution < 1.29 is 22.7 Å². The lowest BCUT2D eigenvalue weighted by Gasteiger charge is -2.29. The van der Waals surface area contributed by atoms with Gasteiger partial charge >= 0.3 is 6.18 Å². The fraction of sp³-hybridized carbons (Fsp3) is 0.368. The Bertz CT molecular complexity index is 765. The Morgan fingerprint density at radius 3 is 2.59 bits per heavy atom. The maximum Gasteiger partial charge on any atom is 0.417 e. The van der Waals surface area contributed by atoms with Crippen LogP contribution < -0.4 is 10.1 Å². The van der Waals surface area contributed by atoms with Crippen molar-refractivity contribution >= 4 is 23.3 Å². The zero-order valence-electron chi connectivity index (χ0n) is 14.4. The molecule has 0 spiro atoms. The van der Waals surface area contributed by atoms with Gasteiger partial charge in [0.05, 0.1) is 5.56 Å². The Balaban J connectivity index is 1.43. The van der Waals surface area contributed by atoms with Gasteiger partial charge in [-0.3, -0.25) is 4.79 Å². The number of halogens is 3. The lowest BCUT2D eigenvalue weighted by molar-refractivity contribution is -0.137. The van der Waals surface area contributed by atoms with E-state index in [1.165, 1.54) is 12.1 Å². The summed E-state index contributed by atoms with van der Waals surface area (Å²) in [7, 11) is 0. The number of nitrogens with one attached hydrogen (secondary N) is 1. The van der Waals surface area contributed by atoms with E-state index >= 15 is 0 Å². The number of nitrogens with zero attached hydrogens (tertiary/aromatic N) is 1. The van der Waals surface area contributed by atoms with E-state index in [9.17, 15) is 18.0 Å². The number of hydrogen-bond donors (Lipinski definition) is 1. The van der Waals surface area contributed by atoms with Crippen molar-refractivity contribution in [2.75, 3.05) is 0 Å². The molecule has 1 amide bonds. The van der Waals surface area contributed by atoms with Gasteiger partial charge in [-0.05, 0) is 49.3 Å². The van der Waals surface area contributed by atoms with E-state index in [2.05, 4.69) is 10.3 Å². The molecule has 27 heavy (non-hydrogen) atoms. The molecule has 1 aliphatic carbocycles. The molecular formula is C19H19F3N2O2S. The zero-order chi connectivity index (χ0) is 19.3. The number of carbonyl (C=O) groups is 1. The molecular weight excluding hydrogens is 377 g/mol. The minimum atomic E-state index is -4.40. The van der Waals surface area contributed by atoms with Gasteiger partial charge in [-0.15, -0.1) is 11.3 Å². The highest BCUT2D eigenvalue weighted by atomic mass is 32.1. The maximum absolute atomic E-state index is 12.5. The van der Waals surface area contributed by atoms with Crippen LogP contribution in [0.3, 0.4) is 0 Å². The summed E-state index contributed by atoms with van der Waals surface area (Å²) >= 11 is 1.56. The van der Waals surface area contributed by atoms with Gasteiger partial charge in [0.15, 0.2) is 0 Å². The van der Waals surface area contributed by atoms with Gasteiger partial charge in [-0.1, -0.05) is 6.07 Å². The number of hydrogen-bond acceptors (Lipinski definition) is 4. The first-order valence-electron chi connectivity index (χ1n) is 8.62. The molecule has 1 aliphatic rings. The largest absolute Gasteiger partial charge is 0.474 e. The highest BCUT2D eigenvalue weighted by molar-refractivity contribution is 7.10. The topological polar surface area (TPSA) is 51.2 Å². The van der Waals surface area contributed by atoms with Gasteiger partial charge in [0.2, 0.25) is 11.8 Å². The molecule has 0 aliphatic heterocycles. The molecule has 1 N–H and O–H groups in total. The summed E-state index contributed by atoms with van der Waals surface area (Å²) in [5.74, 6) is 0.0616. The van der Waals surface area contributed by atoms with E-state index in [4.69, 9.17) is 4.74 Å². The third kappa shape index (κ3) is 5.82. The third-order valence-corrected chi connectivity index (χ3v) is 5.15. The quantitative estimate of drug-likeness (QED) is 0.747. The predicted molar refractivity (Wildman–Crippen MR) is 97.4 cm³/mol. The van der Waals surface area contributed by atoms with Crippen LogP contribution in [0.25, 0.3) is 6.08 Å². The molecule has 2 heterocycles. The molecule has 3 rings (SSSR count). The maximum atomic E-state index is 12.5. The lowest BCUT2D eigenvalue weighted by atomic mass is 9.93. The number of carbonyl (C=O) groups excluding carboxylic acids is 1. The van der Waals surface area contributed by atoms with E-state index in [-0.39, 0.29) is 23.9 Å². The first kappa shape index (κ1) is 19.4. The second kappa shape index (κ2) is 8.56. The summed E-state index contributed by atoms with van der Waals surface area (Å²) < 4.78 is 43.3. The van der Waals surface area contributed by atoms with Crippen LogP contribution in [0.15, 0.2) is 41.9 Å². The van der Waals surface area contributed by atoms with Crippen LogP contribution in [0.5, 0.6) is 5.88 Å². The number of alkyl halides is 3. The van der Waals surface area contributed by atoms with Gasteiger partial charge in [-0.2, -0.15) is 13.2 Å². The van der Waals surface area contributed by atoms with E-state index in [0.717, 1.165) is 30.0 Å². The van der Waals surface area contributed by atoms with Crippen molar-refractivity contribution in [1.82, 2.24) is 10.3 Å². The summed E-state index contributed by atoms with van der Waals surface area (Å²) in [4.78, 5) is 16.7. The van der Waals surface area contributed by atoms with Crippen LogP contribution in [-0.2, 0) is 11.0 Å². The zero-order valence-corrected chi connectivity index (χ0v) is 15.2. The molecule has 0 saturated heterocycles. The number of amides is 1. The first-order valence-corrected chi connectivity index (χ1v) is 9.50. The van der Waals surface area contributed by atoms with Crippen LogP contribution >= 0.6 is 11.3 Å². The predicted octanol–water partition coefficient (Wildman–Crippen LogP) is 4.68. The van der Waals surface area contributed by atoms with Crippen molar-refractivity contribution in [3.05, 3.63) is 52.4 Å². The molecule has 1 fully saturated rings. The van der Waals surface area contributed by atoms with Crippen molar-refractivity contribution in [2.45, 2.75) is 44.0 Å². The van der Waals surface area contributed by atoms with Gasteiger partial charge in [0.25, 0.3) is 0 Å². The first-order chi connectivity index (χ1) is 12.9. The minimum Gasteiger partial charge on any atom is -0.474 e. The molecule has 2 aromatic rings. The monoisotopic (exact) mass is 396 g/mol. The summed E-state index contributed by atoms with van der Waals surface area (Å²) in [6, 6.07) is 6.15. The third-order valence-electron chi connectivity index (χ3n) is 4.31. The van der Waals surface area contributed by atoms with E-state index in [0.29, 0.717) is 12.8 Å². The molecule has 0 aromatic carbocycles. The van der Waals surface area contributed by atoms with E-state index < -0.39 is 11.7 Å². The van der Waals surface area contributed by atoms with Crippen molar-refractivity contribution in [2.24, 2.45) is 0 Å². The molecule has 8 heteroatoms. The molecule has 0 radical (unpaired) electrons. The van der Waals surface area contributed by atoms with Crippen molar-refractivity contribution in [3.63, 3.8) is 0 Å². The minimum absolute atomic E-state index is 0.0749. The number of thiophene rings is 1. The van der Waals surface area contributed by atoms with Crippen molar-refractivity contribution in [1.29, 1.82) is 0 Å². The Morgan fingerprint density at radius 2 is 2.00 bits per heavy atom. The van der Waals surface area contributed by atoms with Crippen LogP contribution in [0.4, 0.5) is 13.2 Å². The Kier molecular flexibility index (Phi) is 6.15. The highest BCUT2D eigenvalue weighted by Gasteiger charge is 2.31. The summed E-state index contributed by atoms with van der Waals surface area (Å²) in [5, 5.41) is 4.92. The van der Waals surface area contributed by atoms with Crippen LogP contribution in [-0.4, -0.2) is 23.0 Å². The molecule has 0 unspecified atom stereocenters. The van der Waals surface area contributed by atoms with Gasteiger partial charge < -0.3 is 10.1 Å². The lowest BCUT2D eigenvalue weighted by Crippen LogP contribution is -2.39. The van der Waals surface area contributed by atoms with Crippen LogP contribution in [0.2, 0.25) is 0 Å². The number of ether oxygens (including phenoxy) is 1. The molecule has 1 saturated carbocycles. The molecule has 0 bridgehead atoms. The second-order valence-electron chi connectivity index (χ2n) is 6.33. The van der Waals surface area contributed by atoms with E-state index in [1.54, 1.807) is 17.4 Å². The van der Waals surface area contributed by atoms with Gasteiger partial charge in [0.1, 0.15) is 6.10 Å². The van der Waals surface area contributed by atoms with E-state index in [1.807, 2.05) is 17.5 Å². The second-order valence-corrected chi connectivity index (χ2v) is 7.31. The average molecular weight is 396 g/mol. The number of rotatable bonds is 5. The van der Waals surface area contributed by atoms with Gasteiger partial charge in [-0.25, -0.2) is 4.98 Å². The fourth-order valence-corrected chi connectivity index (χ4v) is 3.52. The molecule has 2 aromatic heterocycles. The number of aromatic nitrogens is 1. The normalized spacial score (nSPS) is 20.6. The Hall–Kier alpha value is -2.35. The van der Waals surface area contributed by atoms with Crippen molar-refractivity contribution in [3.8, 4) is 5.88 Å². The van der Waals surface area contributed by atoms with Crippen LogP contribution in [0.1, 0.15) is 36.1 Å².